The van der Waals surface area contributed by atoms with Gasteiger partial charge in [-0.1, -0.05) is 0 Å². The molecule has 0 aromatic carbocycles. The minimum absolute atomic E-state index is 1.61. The molecule has 0 radical (unpaired) electrons. The van der Waals surface area contributed by atoms with Gasteiger partial charge in [-0.25, -0.2) is 0 Å². The molecule has 0 aromatic heterocycles. The molecule has 0 amide bonds. The zero-order chi connectivity index (χ0) is 3.58. The first-order valence-corrected chi connectivity index (χ1v) is 3.43. The summed E-state index contributed by atoms with van der Waals surface area (Å²) in [5.41, 5.74) is 0. The van der Waals surface area contributed by atoms with Crippen LogP contribution in [0.15, 0.2) is 0 Å². The Morgan fingerprint density at radius 1 is 2.00 bits per heavy atom. The molecule has 0 bridgehead atoms. The van der Waals surface area contributed by atoms with Crippen molar-refractivity contribution in [1.82, 2.24) is 0 Å². The lowest BCUT2D eigenvalue weighted by molar-refractivity contribution is 0.589. The lowest BCUT2D eigenvalue weighted by Gasteiger charge is -1.73. The molecular weight excluding hydrogens is 96.9 g/mol. The van der Waals surface area contributed by atoms with Crippen LogP contribution in [0.1, 0.15) is 0 Å². The van der Waals surface area contributed by atoms with Crippen LogP contribution < -0.4 is 0 Å². The summed E-state index contributed by atoms with van der Waals surface area (Å²) < 4.78 is 10.6. The molecule has 4 heavy (non-hydrogen) atoms. The predicted octanol–water partition coefficient (Wildman–Crippen LogP) is 1.05. The zero-order valence-corrected chi connectivity index (χ0v) is 3.90. The Morgan fingerprint density at radius 3 is 2.00 bits per heavy atom. The average molecular weight is 100.0 g/mol. The highest BCUT2D eigenvalue weighted by Gasteiger charge is 1.77. The highest BCUT2D eigenvalue weighted by molar-refractivity contribution is 8.07. The second-order valence-electron chi connectivity index (χ2n) is 0.289. The standard InChI is InChI=1S/FH3OP2/c1-4(2)3/h2H,3H2. The summed E-state index contributed by atoms with van der Waals surface area (Å²) in [5.74, 6) is 0. The second kappa shape index (κ2) is 2.02. The number of hydrogen-bond acceptors (Lipinski definition) is 1. The topological polar surface area (TPSA) is 20.2 Å². The van der Waals surface area contributed by atoms with E-state index >= 15 is 0 Å². The fraction of sp³-hybridized carbons (Fsp3) is 0. The molecule has 0 saturated carbocycles. The molecule has 0 aromatic rings. The van der Waals surface area contributed by atoms with Crippen molar-refractivity contribution >= 4 is 17.1 Å². The lowest BCUT2D eigenvalue weighted by Crippen LogP contribution is -1.25. The van der Waals surface area contributed by atoms with Crippen LogP contribution in [0.3, 0.4) is 0 Å². The van der Waals surface area contributed by atoms with E-state index in [2.05, 4.69) is 0 Å². The van der Waals surface area contributed by atoms with Crippen LogP contribution in [0.2, 0.25) is 0 Å². The third-order valence-electron chi connectivity index (χ3n) is 0. The van der Waals surface area contributed by atoms with Crippen LogP contribution >= 0.6 is 17.1 Å². The molecule has 1 N–H and O–H groups in total. The van der Waals surface area contributed by atoms with E-state index in [4.69, 9.17) is 4.89 Å². The van der Waals surface area contributed by atoms with E-state index in [0.29, 0.717) is 0 Å². The summed E-state index contributed by atoms with van der Waals surface area (Å²) in [6.45, 7) is 0. The Balaban J connectivity index is 2.32. The molecule has 0 heterocycles. The van der Waals surface area contributed by atoms with Crippen LogP contribution in [-0.2, 0) is 0 Å². The maximum Gasteiger partial charge on any atom is 0.234 e. The first kappa shape index (κ1) is 4.75. The normalized spacial score (nSPS) is 15.8. The third kappa shape index (κ3) is 15.0. The Morgan fingerprint density at radius 2 is 2.00 bits per heavy atom. The smallest absolute Gasteiger partial charge is 0.234 e. The van der Waals surface area contributed by atoms with Gasteiger partial charge in [0, 0.05) is 0 Å². The summed E-state index contributed by atoms with van der Waals surface area (Å²) >= 11 is 0. The fourth-order valence-electron chi connectivity index (χ4n) is 0. The molecule has 2 unspecified atom stereocenters. The van der Waals surface area contributed by atoms with E-state index < -0.39 is 8.15 Å². The molecule has 0 fully saturated rings. The van der Waals surface area contributed by atoms with Crippen molar-refractivity contribution in [3.63, 3.8) is 0 Å². The van der Waals surface area contributed by atoms with Crippen molar-refractivity contribution < 1.29 is 9.09 Å². The van der Waals surface area contributed by atoms with Crippen molar-refractivity contribution in [2.24, 2.45) is 0 Å². The minimum Gasteiger partial charge on any atom is -0.344 e. The van der Waals surface area contributed by atoms with Crippen LogP contribution in [0, 0.1) is 0 Å². The van der Waals surface area contributed by atoms with E-state index in [9.17, 15) is 4.20 Å². The Labute approximate surface area is 27.3 Å². The second-order valence-corrected chi connectivity index (χ2v) is 2.14. The summed E-state index contributed by atoms with van der Waals surface area (Å²) in [7, 11) is -0.593. The van der Waals surface area contributed by atoms with Gasteiger partial charge in [-0.3, -0.25) is 0 Å². The van der Waals surface area contributed by atoms with Crippen LogP contribution in [0.4, 0.5) is 4.20 Å². The molecule has 0 rings (SSSR count). The number of halogens is 1. The molecule has 0 saturated heterocycles. The van der Waals surface area contributed by atoms with E-state index in [1.807, 2.05) is 0 Å². The highest BCUT2D eigenvalue weighted by Crippen LogP contribution is 2.39. The maximum absolute atomic E-state index is 10.6. The van der Waals surface area contributed by atoms with Gasteiger partial charge < -0.3 is 4.89 Å². The van der Waals surface area contributed by atoms with Crippen LogP contribution in [-0.4, -0.2) is 4.89 Å². The SMILES string of the molecule is OP(F)P. The van der Waals surface area contributed by atoms with Gasteiger partial charge in [0.2, 0.25) is 8.15 Å². The monoisotopic (exact) mass is 100.0 g/mol. The maximum atomic E-state index is 10.6. The van der Waals surface area contributed by atoms with Crippen LogP contribution in [0.25, 0.3) is 0 Å². The number of rotatable bonds is 0. The molecule has 0 spiro atoms. The van der Waals surface area contributed by atoms with E-state index in [1.54, 1.807) is 8.93 Å². The fourth-order valence-corrected chi connectivity index (χ4v) is 0. The van der Waals surface area contributed by atoms with Crippen molar-refractivity contribution in [3.05, 3.63) is 0 Å². The van der Waals surface area contributed by atoms with E-state index in [1.165, 1.54) is 0 Å². The average Bonchev–Trinajstić information content (AvgIpc) is 0.811. The molecular formula is H3FOP2. The van der Waals surface area contributed by atoms with Gasteiger partial charge in [0.05, 0.1) is 0 Å². The number of hydrogen-bond donors (Lipinski definition) is 1. The van der Waals surface area contributed by atoms with Gasteiger partial charge in [-0.15, -0.1) is 0 Å². The molecule has 0 aliphatic carbocycles. The Kier molecular flexibility index (Phi) is 2.39. The van der Waals surface area contributed by atoms with Crippen molar-refractivity contribution in [2.45, 2.75) is 0 Å². The van der Waals surface area contributed by atoms with E-state index in [-0.39, 0.29) is 0 Å². The van der Waals surface area contributed by atoms with Crippen molar-refractivity contribution in [3.8, 4) is 0 Å². The quantitative estimate of drug-likeness (QED) is 0.451. The minimum atomic E-state index is -2.20. The molecule has 0 aliphatic rings. The molecule has 2 atom stereocenters. The largest absolute Gasteiger partial charge is 0.344 e. The van der Waals surface area contributed by atoms with Gasteiger partial charge >= 0.3 is 0 Å². The van der Waals surface area contributed by atoms with E-state index in [0.717, 1.165) is 0 Å². The predicted molar refractivity (Wildman–Crippen MR) is 20.0 cm³/mol. The van der Waals surface area contributed by atoms with Crippen molar-refractivity contribution in [2.75, 3.05) is 0 Å². The van der Waals surface area contributed by atoms with Gasteiger partial charge in [0.25, 0.3) is 0 Å². The van der Waals surface area contributed by atoms with Gasteiger partial charge in [-0.2, -0.15) is 4.20 Å². The lowest BCUT2D eigenvalue weighted by atomic mass is 15.9. The van der Waals surface area contributed by atoms with Gasteiger partial charge in [-0.05, 0) is 8.93 Å². The Hall–Kier alpha value is 0.750. The van der Waals surface area contributed by atoms with Gasteiger partial charge in [0.15, 0.2) is 0 Å². The van der Waals surface area contributed by atoms with Crippen molar-refractivity contribution in [1.29, 1.82) is 0 Å². The molecule has 1 nitrogen and oxygen atoms in total. The summed E-state index contributed by atoms with van der Waals surface area (Å²) in [6.07, 6.45) is 0. The first-order valence-electron chi connectivity index (χ1n) is 0.627. The molecule has 4 heteroatoms. The summed E-state index contributed by atoms with van der Waals surface area (Å²) in [6, 6.07) is 0. The molecule has 0 aliphatic heterocycles. The van der Waals surface area contributed by atoms with Crippen LogP contribution in [0.5, 0.6) is 0 Å². The molecule has 26 valence electrons. The zero-order valence-electron chi connectivity index (χ0n) is 1.85. The summed E-state index contributed by atoms with van der Waals surface area (Å²) in [5, 5.41) is 0. The first-order chi connectivity index (χ1) is 1.73. The highest BCUT2D eigenvalue weighted by atomic mass is 32.0. The third-order valence-corrected chi connectivity index (χ3v) is 0. The summed E-state index contributed by atoms with van der Waals surface area (Å²) in [4.78, 5) is 7.42. The Bertz CT molecular complexity index is 10.8. The van der Waals surface area contributed by atoms with Gasteiger partial charge in [0.1, 0.15) is 0 Å².